The normalized spacial score (nSPS) is 14.5. The highest BCUT2D eigenvalue weighted by Crippen LogP contribution is 2.31. The first-order chi connectivity index (χ1) is 8.26. The smallest absolute Gasteiger partial charge is 0.329 e. The van der Waals surface area contributed by atoms with Gasteiger partial charge in [-0.25, -0.2) is 0 Å². The van der Waals surface area contributed by atoms with Crippen molar-refractivity contribution >= 4 is 11.3 Å². The molecule has 0 bridgehead atoms. The molecule has 1 rings (SSSR count). The first-order valence-electron chi connectivity index (χ1n) is 5.82. The molecule has 0 aliphatic heterocycles. The zero-order valence-corrected chi connectivity index (χ0v) is 11.6. The number of halogens is 3. The van der Waals surface area contributed by atoms with E-state index in [1.54, 1.807) is 13.8 Å². The van der Waals surface area contributed by atoms with Gasteiger partial charge < -0.3 is 5.73 Å². The molecule has 2 N–H and O–H groups in total. The van der Waals surface area contributed by atoms with Gasteiger partial charge in [-0.15, -0.1) is 11.3 Å². The Morgan fingerprint density at radius 1 is 1.39 bits per heavy atom. The Morgan fingerprint density at radius 2 is 2.00 bits per heavy atom. The van der Waals surface area contributed by atoms with Gasteiger partial charge in [0.25, 0.3) is 0 Å². The van der Waals surface area contributed by atoms with E-state index >= 15 is 0 Å². The zero-order chi connectivity index (χ0) is 13.9. The number of alkyl halides is 3. The molecule has 18 heavy (non-hydrogen) atoms. The number of nitrogens with zero attached hydrogens (tertiary/aromatic N) is 1. The van der Waals surface area contributed by atoms with Gasteiger partial charge in [0.15, 0.2) is 0 Å². The molecule has 104 valence electrons. The summed E-state index contributed by atoms with van der Waals surface area (Å²) >= 11 is 1.46. The van der Waals surface area contributed by atoms with Crippen molar-refractivity contribution in [3.63, 3.8) is 0 Å². The minimum Gasteiger partial charge on any atom is -0.329 e. The van der Waals surface area contributed by atoms with Gasteiger partial charge in [-0.05, 0) is 37.8 Å². The Kier molecular flexibility index (Phi) is 5.19. The van der Waals surface area contributed by atoms with Crippen molar-refractivity contribution in [2.75, 3.05) is 13.1 Å². The van der Waals surface area contributed by atoms with Gasteiger partial charge in [-0.1, -0.05) is 0 Å². The average Bonchev–Trinajstić information content (AvgIpc) is 2.63. The lowest BCUT2D eigenvalue weighted by atomic mass is 10.1. The standard InChI is InChI=1S/C12H19F3N2S/c1-8(2)17(7-12(13,14)15)10(6-16)11-9(3)4-5-18-11/h4-5,8,10H,6-7,16H2,1-3H3. The molecule has 0 spiro atoms. The van der Waals surface area contributed by atoms with Crippen LogP contribution in [-0.2, 0) is 0 Å². The summed E-state index contributed by atoms with van der Waals surface area (Å²) in [6, 6.07) is 1.34. The fraction of sp³-hybridized carbons (Fsp3) is 0.667. The Morgan fingerprint density at radius 3 is 2.33 bits per heavy atom. The Bertz CT molecular complexity index is 374. The predicted molar refractivity (Wildman–Crippen MR) is 68.7 cm³/mol. The third-order valence-electron chi connectivity index (χ3n) is 2.85. The molecular formula is C12H19F3N2S. The van der Waals surface area contributed by atoms with Crippen molar-refractivity contribution in [2.24, 2.45) is 5.73 Å². The Labute approximate surface area is 110 Å². The molecule has 1 unspecified atom stereocenters. The second-order valence-electron chi connectivity index (χ2n) is 4.60. The summed E-state index contributed by atoms with van der Waals surface area (Å²) in [4.78, 5) is 2.34. The SMILES string of the molecule is Cc1ccsc1C(CN)N(CC(F)(F)F)C(C)C. The first kappa shape index (κ1) is 15.5. The molecule has 0 saturated heterocycles. The molecule has 0 amide bonds. The zero-order valence-electron chi connectivity index (χ0n) is 10.8. The maximum Gasteiger partial charge on any atom is 0.401 e. The summed E-state index contributed by atoms with van der Waals surface area (Å²) in [6.07, 6.45) is -4.21. The number of aryl methyl sites for hydroxylation is 1. The second-order valence-corrected chi connectivity index (χ2v) is 5.55. The minimum atomic E-state index is -4.21. The molecule has 6 heteroatoms. The van der Waals surface area contributed by atoms with Crippen molar-refractivity contribution in [1.29, 1.82) is 0 Å². The van der Waals surface area contributed by atoms with Crippen molar-refractivity contribution < 1.29 is 13.2 Å². The van der Waals surface area contributed by atoms with E-state index in [9.17, 15) is 13.2 Å². The summed E-state index contributed by atoms with van der Waals surface area (Å²) in [5, 5.41) is 1.89. The number of hydrogen-bond donors (Lipinski definition) is 1. The van der Waals surface area contributed by atoms with Crippen LogP contribution in [0.15, 0.2) is 11.4 Å². The van der Waals surface area contributed by atoms with Gasteiger partial charge >= 0.3 is 6.18 Å². The van der Waals surface area contributed by atoms with Gasteiger partial charge in [0.05, 0.1) is 12.6 Å². The largest absolute Gasteiger partial charge is 0.401 e. The molecule has 0 fully saturated rings. The van der Waals surface area contributed by atoms with E-state index in [1.807, 2.05) is 18.4 Å². The van der Waals surface area contributed by atoms with E-state index in [1.165, 1.54) is 16.2 Å². The van der Waals surface area contributed by atoms with Crippen LogP contribution < -0.4 is 5.73 Å². The van der Waals surface area contributed by atoms with Crippen LogP contribution in [0.25, 0.3) is 0 Å². The summed E-state index contributed by atoms with van der Waals surface area (Å²) in [7, 11) is 0. The van der Waals surface area contributed by atoms with Crippen LogP contribution in [0.1, 0.15) is 30.3 Å². The molecule has 1 aromatic heterocycles. The van der Waals surface area contributed by atoms with Crippen molar-refractivity contribution in [2.45, 2.75) is 39.0 Å². The van der Waals surface area contributed by atoms with E-state index in [-0.39, 0.29) is 18.6 Å². The highest BCUT2D eigenvalue weighted by atomic mass is 32.1. The maximum atomic E-state index is 12.6. The summed E-state index contributed by atoms with van der Waals surface area (Å²) in [5.41, 5.74) is 6.69. The van der Waals surface area contributed by atoms with Crippen LogP contribution >= 0.6 is 11.3 Å². The van der Waals surface area contributed by atoms with E-state index in [0.717, 1.165) is 10.4 Å². The summed E-state index contributed by atoms with van der Waals surface area (Å²) in [5.74, 6) is 0. The molecule has 0 saturated carbocycles. The lowest BCUT2D eigenvalue weighted by molar-refractivity contribution is -0.155. The van der Waals surface area contributed by atoms with E-state index in [2.05, 4.69) is 0 Å². The maximum absolute atomic E-state index is 12.6. The molecule has 2 nitrogen and oxygen atoms in total. The highest BCUT2D eigenvalue weighted by Gasteiger charge is 2.35. The van der Waals surface area contributed by atoms with Crippen LogP contribution in [0, 0.1) is 6.92 Å². The first-order valence-corrected chi connectivity index (χ1v) is 6.70. The molecular weight excluding hydrogens is 261 g/mol. The topological polar surface area (TPSA) is 29.3 Å². The number of hydrogen-bond acceptors (Lipinski definition) is 3. The third kappa shape index (κ3) is 3.96. The van der Waals surface area contributed by atoms with Crippen LogP contribution in [0.2, 0.25) is 0 Å². The van der Waals surface area contributed by atoms with Gasteiger partial charge in [0.1, 0.15) is 0 Å². The van der Waals surface area contributed by atoms with Crippen LogP contribution in [0.3, 0.4) is 0 Å². The lowest BCUT2D eigenvalue weighted by Crippen LogP contribution is -2.44. The van der Waals surface area contributed by atoms with Crippen LogP contribution in [0.5, 0.6) is 0 Å². The van der Waals surface area contributed by atoms with Gasteiger partial charge in [0, 0.05) is 17.5 Å². The van der Waals surface area contributed by atoms with Crippen molar-refractivity contribution in [3.05, 3.63) is 21.9 Å². The number of thiophene rings is 1. The second kappa shape index (κ2) is 6.04. The van der Waals surface area contributed by atoms with E-state index in [4.69, 9.17) is 5.73 Å². The Hall–Kier alpha value is -0.590. The molecule has 0 radical (unpaired) electrons. The highest BCUT2D eigenvalue weighted by molar-refractivity contribution is 7.10. The van der Waals surface area contributed by atoms with E-state index in [0.29, 0.717) is 0 Å². The molecule has 1 heterocycles. The van der Waals surface area contributed by atoms with Gasteiger partial charge in [0.2, 0.25) is 0 Å². The number of rotatable bonds is 5. The molecule has 1 aromatic rings. The lowest BCUT2D eigenvalue weighted by Gasteiger charge is -2.34. The van der Waals surface area contributed by atoms with Gasteiger partial charge in [-0.2, -0.15) is 13.2 Å². The Balaban J connectivity index is 2.99. The monoisotopic (exact) mass is 280 g/mol. The molecule has 0 aromatic carbocycles. The van der Waals surface area contributed by atoms with E-state index < -0.39 is 12.7 Å². The fourth-order valence-corrected chi connectivity index (χ4v) is 3.04. The average molecular weight is 280 g/mol. The fourth-order valence-electron chi connectivity index (χ4n) is 1.98. The molecule has 0 aliphatic rings. The number of nitrogens with two attached hydrogens (primary N) is 1. The summed E-state index contributed by atoms with van der Waals surface area (Å²) < 4.78 is 37.9. The molecule has 1 atom stereocenters. The quantitative estimate of drug-likeness (QED) is 0.896. The third-order valence-corrected chi connectivity index (χ3v) is 3.97. The predicted octanol–water partition coefficient (Wildman–Crippen LogP) is 3.33. The van der Waals surface area contributed by atoms with Crippen molar-refractivity contribution in [1.82, 2.24) is 4.90 Å². The summed E-state index contributed by atoms with van der Waals surface area (Å²) in [6.45, 7) is 4.69. The van der Waals surface area contributed by atoms with Crippen LogP contribution in [-0.4, -0.2) is 30.2 Å². The minimum absolute atomic E-state index is 0.190. The van der Waals surface area contributed by atoms with Crippen LogP contribution in [0.4, 0.5) is 13.2 Å². The van der Waals surface area contributed by atoms with Crippen molar-refractivity contribution in [3.8, 4) is 0 Å². The van der Waals surface area contributed by atoms with Gasteiger partial charge in [-0.3, -0.25) is 4.90 Å². The molecule has 0 aliphatic carbocycles.